The first-order chi connectivity index (χ1) is 14.2. The van der Waals surface area contributed by atoms with E-state index in [1.165, 1.54) is 16.3 Å². The van der Waals surface area contributed by atoms with Gasteiger partial charge in [-0.25, -0.2) is 0 Å². The van der Waals surface area contributed by atoms with Crippen molar-refractivity contribution in [3.8, 4) is 0 Å². The Morgan fingerprint density at radius 2 is 1.48 bits per heavy atom. The third-order valence-electron chi connectivity index (χ3n) is 5.15. The first-order valence-electron chi connectivity index (χ1n) is 9.87. The van der Waals surface area contributed by atoms with Crippen molar-refractivity contribution >= 4 is 22.4 Å². The zero-order valence-corrected chi connectivity index (χ0v) is 16.4. The lowest BCUT2D eigenvalue weighted by Gasteiger charge is -2.17. The molecule has 0 unspecified atom stereocenters. The van der Waals surface area contributed by atoms with Crippen molar-refractivity contribution < 1.29 is 4.79 Å². The molecule has 29 heavy (non-hydrogen) atoms. The lowest BCUT2D eigenvalue weighted by Crippen LogP contribution is -2.18. The molecule has 0 heterocycles. The summed E-state index contributed by atoms with van der Waals surface area (Å²) in [5.41, 5.74) is 3.89. The molecule has 1 amide bonds. The number of nitrogens with one attached hydrogen (secondary N) is 2. The maximum Gasteiger partial charge on any atom is 0.255 e. The number of rotatable bonds is 6. The van der Waals surface area contributed by atoms with Crippen molar-refractivity contribution in [2.24, 2.45) is 0 Å². The van der Waals surface area contributed by atoms with Gasteiger partial charge in [-0.2, -0.15) is 0 Å². The zero-order valence-electron chi connectivity index (χ0n) is 16.4. The van der Waals surface area contributed by atoms with E-state index in [4.69, 9.17) is 0 Å². The van der Waals surface area contributed by atoms with E-state index >= 15 is 0 Å². The predicted octanol–water partition coefficient (Wildman–Crippen LogP) is 5.94. The molecule has 4 aromatic carbocycles. The van der Waals surface area contributed by atoms with Crippen LogP contribution in [0.15, 0.2) is 97.1 Å². The largest absolute Gasteiger partial charge is 0.322 e. The summed E-state index contributed by atoms with van der Waals surface area (Å²) in [6.07, 6.45) is 0. The minimum absolute atomic E-state index is 0.0974. The Kier molecular flexibility index (Phi) is 5.68. The number of fused-ring (bicyclic) bond motifs is 1. The summed E-state index contributed by atoms with van der Waals surface area (Å²) >= 11 is 0. The topological polar surface area (TPSA) is 41.1 Å². The summed E-state index contributed by atoms with van der Waals surface area (Å²) < 4.78 is 0. The van der Waals surface area contributed by atoms with E-state index in [-0.39, 0.29) is 11.9 Å². The Bertz CT molecular complexity index is 1100. The molecule has 0 aliphatic rings. The molecule has 0 radical (unpaired) electrons. The molecule has 4 rings (SSSR count). The smallest absolute Gasteiger partial charge is 0.255 e. The molecule has 0 aliphatic heterocycles. The summed E-state index contributed by atoms with van der Waals surface area (Å²) in [6, 6.07) is 32.4. The predicted molar refractivity (Wildman–Crippen MR) is 120 cm³/mol. The number of amides is 1. The van der Waals surface area contributed by atoms with Crippen molar-refractivity contribution in [3.05, 3.63) is 114 Å². The van der Waals surface area contributed by atoms with Gasteiger partial charge in [0.25, 0.3) is 5.91 Å². The molecule has 3 nitrogen and oxygen atoms in total. The number of carbonyl (C=O) groups excluding carboxylic acids is 1. The minimum Gasteiger partial charge on any atom is -0.322 e. The molecule has 0 fully saturated rings. The highest BCUT2D eigenvalue weighted by Gasteiger charge is 2.10. The van der Waals surface area contributed by atoms with Crippen molar-refractivity contribution in [3.63, 3.8) is 0 Å². The molecule has 0 saturated carbocycles. The van der Waals surface area contributed by atoms with E-state index < -0.39 is 0 Å². The van der Waals surface area contributed by atoms with E-state index in [1.807, 2.05) is 54.6 Å². The highest BCUT2D eigenvalue weighted by Crippen LogP contribution is 2.24. The van der Waals surface area contributed by atoms with Gasteiger partial charge in [0, 0.05) is 23.8 Å². The SMILES string of the molecule is C[C@@H](NCc1ccc(C(=O)Nc2ccccc2)cc1)c1cccc2ccccc12. The van der Waals surface area contributed by atoms with E-state index in [1.54, 1.807) is 0 Å². The fourth-order valence-electron chi connectivity index (χ4n) is 3.51. The van der Waals surface area contributed by atoms with E-state index in [2.05, 4.69) is 60.0 Å². The normalized spacial score (nSPS) is 11.9. The van der Waals surface area contributed by atoms with Gasteiger partial charge in [-0.15, -0.1) is 0 Å². The molecule has 3 heteroatoms. The van der Waals surface area contributed by atoms with Gasteiger partial charge < -0.3 is 10.6 Å². The quantitative estimate of drug-likeness (QED) is 0.434. The molecule has 0 aromatic heterocycles. The molecule has 0 bridgehead atoms. The lowest BCUT2D eigenvalue weighted by atomic mass is 9.99. The summed E-state index contributed by atoms with van der Waals surface area (Å²) in [5.74, 6) is -0.0974. The van der Waals surface area contributed by atoms with Gasteiger partial charge in [-0.1, -0.05) is 72.8 Å². The second kappa shape index (κ2) is 8.72. The number of hydrogen-bond donors (Lipinski definition) is 2. The third-order valence-corrected chi connectivity index (χ3v) is 5.15. The fraction of sp³-hybridized carbons (Fsp3) is 0.115. The van der Waals surface area contributed by atoms with Gasteiger partial charge >= 0.3 is 0 Å². The number of benzene rings is 4. The standard InChI is InChI=1S/C26H24N2O/c1-19(24-13-7-9-21-8-5-6-12-25(21)24)27-18-20-14-16-22(17-15-20)26(29)28-23-10-3-2-4-11-23/h2-17,19,27H,18H2,1H3,(H,28,29)/t19-/m1/s1. The van der Waals surface area contributed by atoms with Crippen LogP contribution in [0.5, 0.6) is 0 Å². The molecule has 1 atom stereocenters. The second-order valence-corrected chi connectivity index (χ2v) is 7.19. The zero-order chi connectivity index (χ0) is 20.1. The van der Waals surface area contributed by atoms with Gasteiger partial charge in [0.2, 0.25) is 0 Å². The van der Waals surface area contributed by atoms with Crippen LogP contribution in [0.25, 0.3) is 10.8 Å². The van der Waals surface area contributed by atoms with Crippen LogP contribution in [0, 0.1) is 0 Å². The molecular weight excluding hydrogens is 356 g/mol. The lowest BCUT2D eigenvalue weighted by molar-refractivity contribution is 0.102. The maximum atomic E-state index is 12.4. The van der Waals surface area contributed by atoms with Gasteiger partial charge in [-0.05, 0) is 53.1 Å². The Balaban J connectivity index is 1.39. The van der Waals surface area contributed by atoms with Crippen LogP contribution in [0.3, 0.4) is 0 Å². The van der Waals surface area contributed by atoms with Crippen molar-refractivity contribution in [1.29, 1.82) is 0 Å². The number of anilines is 1. The van der Waals surface area contributed by atoms with Crippen LogP contribution in [-0.4, -0.2) is 5.91 Å². The number of hydrogen-bond acceptors (Lipinski definition) is 2. The first-order valence-corrected chi connectivity index (χ1v) is 9.87. The maximum absolute atomic E-state index is 12.4. The van der Waals surface area contributed by atoms with Gasteiger partial charge in [-0.3, -0.25) is 4.79 Å². The van der Waals surface area contributed by atoms with Crippen LogP contribution in [0.2, 0.25) is 0 Å². The van der Waals surface area contributed by atoms with Crippen molar-refractivity contribution in [2.75, 3.05) is 5.32 Å². The van der Waals surface area contributed by atoms with Crippen molar-refractivity contribution in [2.45, 2.75) is 19.5 Å². The Labute approximate surface area is 171 Å². The number of carbonyl (C=O) groups is 1. The van der Waals surface area contributed by atoms with E-state index in [0.29, 0.717) is 5.56 Å². The summed E-state index contributed by atoms with van der Waals surface area (Å²) in [5, 5.41) is 9.04. The molecule has 2 N–H and O–H groups in total. The molecule has 144 valence electrons. The van der Waals surface area contributed by atoms with Crippen LogP contribution < -0.4 is 10.6 Å². The highest BCUT2D eigenvalue weighted by atomic mass is 16.1. The molecule has 0 aliphatic carbocycles. The Morgan fingerprint density at radius 1 is 0.793 bits per heavy atom. The van der Waals surface area contributed by atoms with Crippen LogP contribution in [-0.2, 0) is 6.54 Å². The average Bonchev–Trinajstić information content (AvgIpc) is 2.78. The van der Waals surface area contributed by atoms with Crippen LogP contribution in [0.4, 0.5) is 5.69 Å². The van der Waals surface area contributed by atoms with Gasteiger partial charge in [0.15, 0.2) is 0 Å². The van der Waals surface area contributed by atoms with Gasteiger partial charge in [0.1, 0.15) is 0 Å². The molecule has 0 saturated heterocycles. The average molecular weight is 380 g/mol. The van der Waals surface area contributed by atoms with Gasteiger partial charge in [0.05, 0.1) is 0 Å². The summed E-state index contributed by atoms with van der Waals surface area (Å²) in [4.78, 5) is 12.4. The second-order valence-electron chi connectivity index (χ2n) is 7.19. The minimum atomic E-state index is -0.0974. The van der Waals surface area contributed by atoms with Crippen LogP contribution in [0.1, 0.15) is 34.5 Å². The first kappa shape index (κ1) is 18.9. The van der Waals surface area contributed by atoms with E-state index in [9.17, 15) is 4.79 Å². The van der Waals surface area contributed by atoms with E-state index in [0.717, 1.165) is 17.8 Å². The third kappa shape index (κ3) is 4.53. The summed E-state index contributed by atoms with van der Waals surface area (Å²) in [6.45, 7) is 2.93. The summed E-state index contributed by atoms with van der Waals surface area (Å²) in [7, 11) is 0. The highest BCUT2D eigenvalue weighted by molar-refractivity contribution is 6.04. The molecule has 4 aromatic rings. The van der Waals surface area contributed by atoms with Crippen molar-refractivity contribution in [1.82, 2.24) is 5.32 Å². The van der Waals surface area contributed by atoms with Crippen LogP contribution >= 0.6 is 0 Å². The monoisotopic (exact) mass is 380 g/mol. The fourth-order valence-corrected chi connectivity index (χ4v) is 3.51. The molecule has 0 spiro atoms. The number of para-hydroxylation sites is 1. The molecular formula is C26H24N2O. The Hall–Kier alpha value is -3.43. The Morgan fingerprint density at radius 3 is 2.28 bits per heavy atom.